The maximum atomic E-state index is 14.3. The van der Waals surface area contributed by atoms with Crippen LogP contribution in [0.15, 0.2) is 18.2 Å². The Labute approximate surface area is 140 Å². The van der Waals surface area contributed by atoms with Crippen LogP contribution in [-0.4, -0.2) is 34.2 Å². The van der Waals surface area contributed by atoms with Gasteiger partial charge in [0, 0.05) is 12.1 Å². The minimum Gasteiger partial charge on any atom is -0.391 e. The van der Waals surface area contributed by atoms with Crippen molar-refractivity contribution in [3.63, 3.8) is 0 Å². The van der Waals surface area contributed by atoms with Gasteiger partial charge < -0.3 is 10.8 Å². The Bertz CT molecular complexity index is 541. The quantitative estimate of drug-likeness (QED) is 0.860. The third-order valence-electron chi connectivity index (χ3n) is 4.50. The first-order valence-electron chi connectivity index (χ1n) is 7.77. The van der Waals surface area contributed by atoms with E-state index < -0.39 is 11.9 Å². The number of benzene rings is 1. The van der Waals surface area contributed by atoms with Crippen molar-refractivity contribution < 1.29 is 9.50 Å². The van der Waals surface area contributed by atoms with Crippen molar-refractivity contribution in [3.8, 4) is 0 Å². The fraction of sp³-hybridized carbons (Fsp3) is 0.625. The molecule has 22 heavy (non-hydrogen) atoms. The van der Waals surface area contributed by atoms with Crippen molar-refractivity contribution in [1.29, 1.82) is 0 Å². The largest absolute Gasteiger partial charge is 0.391 e. The monoisotopic (exact) mass is 344 g/mol. The smallest absolute Gasteiger partial charge is 0.146 e. The molecule has 4 atom stereocenters. The average Bonchev–Trinajstić information content (AvgIpc) is 3.24. The van der Waals surface area contributed by atoms with Crippen LogP contribution in [0, 0.1) is 11.7 Å². The summed E-state index contributed by atoms with van der Waals surface area (Å²) in [5.41, 5.74) is 6.93. The predicted octanol–water partition coefficient (Wildman–Crippen LogP) is 3.36. The van der Waals surface area contributed by atoms with Crippen molar-refractivity contribution in [2.75, 3.05) is 6.54 Å². The lowest BCUT2D eigenvalue weighted by molar-refractivity contribution is 0.0896. The number of rotatable bonds is 5. The predicted molar refractivity (Wildman–Crippen MR) is 89.2 cm³/mol. The van der Waals surface area contributed by atoms with E-state index in [0.29, 0.717) is 5.56 Å². The molecule has 3 nitrogen and oxygen atoms in total. The van der Waals surface area contributed by atoms with Crippen molar-refractivity contribution in [1.82, 2.24) is 4.90 Å². The van der Waals surface area contributed by atoms with Crippen LogP contribution in [0.1, 0.15) is 37.0 Å². The van der Waals surface area contributed by atoms with Gasteiger partial charge in [-0.2, -0.15) is 0 Å². The van der Waals surface area contributed by atoms with Gasteiger partial charge in [0.2, 0.25) is 0 Å². The third-order valence-corrected chi connectivity index (χ3v) is 6.56. The van der Waals surface area contributed by atoms with Gasteiger partial charge in [-0.3, -0.25) is 4.90 Å². The molecule has 1 aliphatic carbocycles. The lowest BCUT2D eigenvalue weighted by Gasteiger charge is -2.29. The van der Waals surface area contributed by atoms with Crippen molar-refractivity contribution in [2.45, 2.75) is 49.1 Å². The summed E-state index contributed by atoms with van der Waals surface area (Å²) in [5, 5.41) is 9.88. The van der Waals surface area contributed by atoms with Gasteiger partial charge in [0.25, 0.3) is 0 Å². The van der Waals surface area contributed by atoms with E-state index in [1.54, 1.807) is 25.1 Å². The summed E-state index contributed by atoms with van der Waals surface area (Å²) >= 11 is 7.43. The lowest BCUT2D eigenvalue weighted by atomic mass is 10.1. The minimum absolute atomic E-state index is 0.0999. The molecule has 1 aromatic rings. The first-order valence-corrected chi connectivity index (χ1v) is 9.10. The summed E-state index contributed by atoms with van der Waals surface area (Å²) in [4.78, 5) is 2.12. The molecule has 1 saturated carbocycles. The van der Waals surface area contributed by atoms with E-state index in [-0.39, 0.29) is 21.8 Å². The number of aliphatic hydroxyl groups is 1. The summed E-state index contributed by atoms with van der Waals surface area (Å²) < 4.78 is 14.3. The highest BCUT2D eigenvalue weighted by Gasteiger charge is 2.43. The molecule has 0 bridgehead atoms. The number of thioether (sulfide) groups is 1. The molecule has 122 valence electrons. The van der Waals surface area contributed by atoms with Crippen molar-refractivity contribution >= 4 is 23.4 Å². The van der Waals surface area contributed by atoms with E-state index in [2.05, 4.69) is 4.90 Å². The average molecular weight is 345 g/mol. The van der Waals surface area contributed by atoms with Crippen LogP contribution in [0.3, 0.4) is 0 Å². The summed E-state index contributed by atoms with van der Waals surface area (Å²) in [7, 11) is 0. The molecule has 0 spiro atoms. The molecule has 1 heterocycles. The Morgan fingerprint density at radius 3 is 2.86 bits per heavy atom. The van der Waals surface area contributed by atoms with Crippen LogP contribution in [0.4, 0.5) is 4.39 Å². The zero-order valence-electron chi connectivity index (χ0n) is 12.6. The molecule has 1 aliphatic heterocycles. The SMILES string of the molecule is CC(O)[C@H]1SC(c2cccc(Cl)c2F)C(N)N1CCC1CC1. The Morgan fingerprint density at radius 1 is 1.50 bits per heavy atom. The minimum atomic E-state index is -0.512. The molecule has 3 rings (SSSR count). The van der Waals surface area contributed by atoms with Crippen molar-refractivity contribution in [3.05, 3.63) is 34.6 Å². The molecule has 6 heteroatoms. The van der Waals surface area contributed by atoms with Crippen LogP contribution in [-0.2, 0) is 0 Å². The second kappa shape index (κ2) is 6.65. The molecular formula is C16H22ClFN2OS. The highest BCUT2D eigenvalue weighted by atomic mass is 35.5. The van der Waals surface area contributed by atoms with Gasteiger partial charge in [0.15, 0.2) is 0 Å². The third kappa shape index (κ3) is 3.29. The summed E-state index contributed by atoms with van der Waals surface area (Å²) in [6, 6.07) is 5.03. The van der Waals surface area contributed by atoms with Crippen LogP contribution >= 0.6 is 23.4 Å². The number of hydrogen-bond acceptors (Lipinski definition) is 4. The first kappa shape index (κ1) is 16.5. The van der Waals surface area contributed by atoms with E-state index in [4.69, 9.17) is 17.3 Å². The van der Waals surface area contributed by atoms with Crippen LogP contribution in [0.25, 0.3) is 0 Å². The van der Waals surface area contributed by atoms with Gasteiger partial charge >= 0.3 is 0 Å². The van der Waals surface area contributed by atoms with Crippen molar-refractivity contribution in [2.24, 2.45) is 11.7 Å². The van der Waals surface area contributed by atoms with Gasteiger partial charge in [-0.05, 0) is 25.3 Å². The second-order valence-corrected chi connectivity index (χ2v) is 7.96. The summed E-state index contributed by atoms with van der Waals surface area (Å²) in [5.74, 6) is 0.402. The molecule has 0 radical (unpaired) electrons. The molecule has 0 aromatic heterocycles. The first-order chi connectivity index (χ1) is 10.5. The van der Waals surface area contributed by atoms with E-state index in [1.807, 2.05) is 0 Å². The molecule has 2 aliphatic rings. The van der Waals surface area contributed by atoms with E-state index in [9.17, 15) is 9.50 Å². The van der Waals surface area contributed by atoms with Gasteiger partial charge in [0.1, 0.15) is 5.82 Å². The lowest BCUT2D eigenvalue weighted by Crippen LogP contribution is -2.46. The Kier molecular flexibility index (Phi) is 5.00. The Balaban J connectivity index is 1.81. The molecule has 2 fully saturated rings. The topological polar surface area (TPSA) is 49.5 Å². The van der Waals surface area contributed by atoms with Gasteiger partial charge in [-0.1, -0.05) is 36.6 Å². The maximum absolute atomic E-state index is 14.3. The standard InChI is InChI=1S/C16H22ClFN2OS/c1-9(21)16-20(8-7-10-5-6-10)15(19)14(22-16)11-3-2-4-12(17)13(11)18/h2-4,9-10,14-16,21H,5-8,19H2,1H3/t9?,14?,15?,16-/m1/s1. The van der Waals surface area contributed by atoms with Gasteiger partial charge in [-0.25, -0.2) is 4.39 Å². The number of hydrogen-bond donors (Lipinski definition) is 2. The number of nitrogens with zero attached hydrogens (tertiary/aromatic N) is 1. The molecule has 0 amide bonds. The Hall–Kier alpha value is -0.330. The van der Waals surface area contributed by atoms with Crippen LogP contribution in [0.5, 0.6) is 0 Å². The normalized spacial score (nSPS) is 30.7. The van der Waals surface area contributed by atoms with Gasteiger partial charge in [0.05, 0.1) is 27.9 Å². The Morgan fingerprint density at radius 2 is 2.23 bits per heavy atom. The molecule has 3 N–H and O–H groups in total. The van der Waals surface area contributed by atoms with E-state index >= 15 is 0 Å². The highest BCUT2D eigenvalue weighted by molar-refractivity contribution is 8.00. The number of aliphatic hydroxyl groups excluding tert-OH is 1. The maximum Gasteiger partial charge on any atom is 0.146 e. The molecule has 3 unspecified atom stereocenters. The number of nitrogens with two attached hydrogens (primary N) is 1. The molecule has 1 aromatic carbocycles. The second-order valence-electron chi connectivity index (χ2n) is 6.29. The van der Waals surface area contributed by atoms with Crippen LogP contribution in [0.2, 0.25) is 5.02 Å². The molecular weight excluding hydrogens is 323 g/mol. The van der Waals surface area contributed by atoms with E-state index in [1.165, 1.54) is 24.6 Å². The summed E-state index contributed by atoms with van der Waals surface area (Å²) in [6.45, 7) is 2.62. The molecule has 1 saturated heterocycles. The van der Waals surface area contributed by atoms with Gasteiger partial charge in [-0.15, -0.1) is 11.8 Å². The zero-order valence-corrected chi connectivity index (χ0v) is 14.2. The fourth-order valence-corrected chi connectivity index (χ4v) is 4.81. The summed E-state index contributed by atoms with van der Waals surface area (Å²) in [6.07, 6.45) is 2.87. The van der Waals surface area contributed by atoms with Crippen LogP contribution < -0.4 is 5.73 Å². The fourth-order valence-electron chi connectivity index (χ4n) is 3.06. The number of halogens is 2. The zero-order chi connectivity index (χ0) is 15.9. The van der Waals surface area contributed by atoms with E-state index in [0.717, 1.165) is 18.9 Å². The highest BCUT2D eigenvalue weighted by Crippen LogP contribution is 2.47.